The summed E-state index contributed by atoms with van der Waals surface area (Å²) in [5.74, 6) is 0.744. The first-order valence-electron chi connectivity index (χ1n) is 8.03. The van der Waals surface area contributed by atoms with E-state index in [1.165, 1.54) is 53.5 Å². The van der Waals surface area contributed by atoms with E-state index < -0.39 is 0 Å². The highest BCUT2D eigenvalue weighted by atomic mass is 16.5. The van der Waals surface area contributed by atoms with Gasteiger partial charge in [-0.15, -0.1) is 0 Å². The predicted octanol–water partition coefficient (Wildman–Crippen LogP) is 1.31. The first kappa shape index (κ1) is 13.0. The van der Waals surface area contributed by atoms with Crippen LogP contribution in [0, 0.1) is 19.8 Å². The van der Waals surface area contributed by atoms with Crippen molar-refractivity contribution < 1.29 is 9.13 Å². The molecule has 3 fully saturated rings. The highest BCUT2D eigenvalue weighted by Gasteiger charge is 2.56. The van der Waals surface area contributed by atoms with Crippen LogP contribution in [0.4, 0.5) is 0 Å². The van der Waals surface area contributed by atoms with Gasteiger partial charge in [0, 0.05) is 19.0 Å². The van der Waals surface area contributed by atoms with Gasteiger partial charge in [-0.05, 0) is 49.9 Å². The fourth-order valence-corrected chi connectivity index (χ4v) is 4.49. The number of rotatable bonds is 0. The van der Waals surface area contributed by atoms with Crippen molar-refractivity contribution in [2.24, 2.45) is 5.92 Å². The molecule has 4 aliphatic rings. The monoisotopic (exact) mass is 297 g/mol. The minimum Gasteiger partial charge on any atom is -0.519 e. The predicted molar refractivity (Wildman–Crippen MR) is 90.1 cm³/mol. The zero-order chi connectivity index (χ0) is 15.1. The van der Waals surface area contributed by atoms with Crippen LogP contribution in [0.5, 0.6) is 6.01 Å². The number of benzene rings is 1. The van der Waals surface area contributed by atoms with Crippen LogP contribution in [-0.4, -0.2) is 47.2 Å². The first-order chi connectivity index (χ1) is 10.5. The summed E-state index contributed by atoms with van der Waals surface area (Å²) in [5, 5.41) is 0. The number of hydrogen-bond donors (Lipinski definition) is 0. The van der Waals surface area contributed by atoms with Crippen molar-refractivity contribution in [2.75, 3.05) is 19.6 Å². The van der Waals surface area contributed by atoms with Crippen LogP contribution in [0.2, 0.25) is 0 Å². The number of imidazole rings is 1. The van der Waals surface area contributed by atoms with Crippen molar-refractivity contribution in [3.05, 3.63) is 23.3 Å². The Hall–Kier alpha value is -1.49. The molecule has 0 radical (unpaired) electrons. The summed E-state index contributed by atoms with van der Waals surface area (Å²) in [6.45, 7) is 9.49. The maximum atomic E-state index is 6.58. The van der Waals surface area contributed by atoms with Crippen molar-refractivity contribution in [3.63, 3.8) is 0 Å². The fraction of sp³-hybridized carbons (Fsp3) is 0.588. The first-order valence-corrected chi connectivity index (χ1v) is 8.03. The second-order valence-electron chi connectivity index (χ2n) is 7.12. The molecule has 6 rings (SSSR count). The van der Waals surface area contributed by atoms with E-state index in [1.54, 1.807) is 0 Å². The van der Waals surface area contributed by atoms with Crippen LogP contribution in [0.1, 0.15) is 24.0 Å². The van der Waals surface area contributed by atoms with E-state index in [-0.39, 0.29) is 5.60 Å². The lowest BCUT2D eigenvalue weighted by Crippen LogP contribution is -2.69. The van der Waals surface area contributed by atoms with Crippen LogP contribution in [0.25, 0.3) is 11.0 Å². The third kappa shape index (κ3) is 1.55. The van der Waals surface area contributed by atoms with Crippen LogP contribution < -0.4 is 4.74 Å². The smallest absolute Gasteiger partial charge is 0.298 e. The van der Waals surface area contributed by atoms with Crippen LogP contribution in [0.3, 0.4) is 0 Å². The Morgan fingerprint density at radius 1 is 1.27 bits per heavy atom. The topological polar surface area (TPSA) is 27.1 Å². The summed E-state index contributed by atoms with van der Waals surface area (Å²) in [6, 6.07) is 5.37. The quantitative estimate of drug-likeness (QED) is 0.686. The summed E-state index contributed by atoms with van der Waals surface area (Å²) >= 11 is 0. The Kier molecular flexibility index (Phi) is 2.29. The molecule has 2 bridgehead atoms. The van der Waals surface area contributed by atoms with Gasteiger partial charge in [-0.25, -0.2) is 0 Å². The average Bonchev–Trinajstić information content (AvgIpc) is 2.94. The molecule has 1 aromatic carbocycles. The lowest BCUT2D eigenvalue weighted by molar-refractivity contribution is -0.845. The average molecular weight is 297 g/mol. The molecular weight excluding hydrogens is 273 g/mol. The molecule has 1 atom stereocenters. The van der Waals surface area contributed by atoms with E-state index in [4.69, 9.17) is 9.72 Å². The molecule has 4 nitrogen and oxygen atoms in total. The van der Waals surface area contributed by atoms with Crippen LogP contribution in [-0.2, 0) is 6.54 Å². The van der Waals surface area contributed by atoms with Crippen molar-refractivity contribution in [1.82, 2.24) is 9.55 Å². The molecule has 1 aromatic heterocycles. The maximum absolute atomic E-state index is 6.58. The third-order valence-corrected chi connectivity index (χ3v) is 5.87. The summed E-state index contributed by atoms with van der Waals surface area (Å²) < 4.78 is 10.4. The van der Waals surface area contributed by atoms with Crippen LogP contribution in [0.15, 0.2) is 12.1 Å². The number of piperidine rings is 3. The van der Waals surface area contributed by atoms with E-state index in [9.17, 15) is 0 Å². The molecule has 5 heterocycles. The lowest BCUT2D eigenvalue weighted by Gasteiger charge is -2.60. The highest BCUT2D eigenvalue weighted by Crippen LogP contribution is 2.47. The summed E-state index contributed by atoms with van der Waals surface area (Å²) in [6.07, 6.45) is 2.73. The molecule has 22 heavy (non-hydrogen) atoms. The number of fused-ring (bicyclic) bond motifs is 5. The zero-order valence-corrected chi connectivity index (χ0v) is 12.7. The van der Waals surface area contributed by atoms with Crippen molar-refractivity contribution in [3.8, 4) is 6.01 Å². The van der Waals surface area contributed by atoms with Crippen molar-refractivity contribution in [2.45, 2.75) is 38.8 Å². The lowest BCUT2D eigenvalue weighted by atomic mass is 9.71. The number of aryl methyl sites for hydroxylation is 2. The van der Waals surface area contributed by atoms with Gasteiger partial charge < -0.3 is 9.13 Å². The highest BCUT2D eigenvalue weighted by molar-refractivity contribution is 5.97. The minimum atomic E-state index is 0.0631. The number of ether oxygens (including phenoxy) is 1. The molecule has 0 saturated carbocycles. The SMILES string of the molecule is [BH3-][N+]12CCC(CC1)C1(Cn3c(nc4cc(C)c(C)cc43)O1)C2. The second kappa shape index (κ2) is 3.88. The maximum Gasteiger partial charge on any atom is 0.298 e. The Balaban J connectivity index is 1.60. The van der Waals surface area contributed by atoms with Gasteiger partial charge in [0.2, 0.25) is 0 Å². The Morgan fingerprint density at radius 3 is 2.73 bits per heavy atom. The minimum absolute atomic E-state index is 0.0631. The van der Waals surface area contributed by atoms with Gasteiger partial charge >= 0.3 is 0 Å². The largest absolute Gasteiger partial charge is 0.519 e. The van der Waals surface area contributed by atoms with Crippen molar-refractivity contribution in [1.29, 1.82) is 0 Å². The summed E-state index contributed by atoms with van der Waals surface area (Å²) in [5.41, 5.74) is 5.09. The molecule has 0 N–H and O–H groups in total. The normalized spacial score (nSPS) is 36.0. The van der Waals surface area contributed by atoms with Gasteiger partial charge in [0.25, 0.3) is 6.01 Å². The molecular formula is C17H24BN3O. The zero-order valence-electron chi connectivity index (χ0n) is 12.7. The van der Waals surface area contributed by atoms with Gasteiger partial charge in [-0.2, -0.15) is 4.98 Å². The van der Waals surface area contributed by atoms with E-state index in [2.05, 4.69) is 30.5 Å². The Bertz CT molecular complexity index is 791. The molecule has 0 aliphatic carbocycles. The van der Waals surface area contributed by atoms with E-state index in [0.717, 1.165) is 24.0 Å². The second-order valence-corrected chi connectivity index (χ2v) is 7.12. The molecule has 1 unspecified atom stereocenters. The van der Waals surface area contributed by atoms with E-state index >= 15 is 0 Å². The third-order valence-electron chi connectivity index (χ3n) is 5.87. The molecule has 4 aliphatic heterocycles. The standard InChI is InChI=1S/C17H24BN3O/c1-11-7-14-15(8-12(11)2)20-9-17(22-16(20)19-14)10-21(18)5-3-13(17)4-6-21/h7-8,13H,3-6,9-10H2,1-2,18H3. The molecule has 3 saturated heterocycles. The van der Waals surface area contributed by atoms with Crippen LogP contribution >= 0.6 is 0 Å². The number of quaternary nitrogens is 1. The number of nitrogens with zero attached hydrogens (tertiary/aromatic N) is 3. The molecule has 116 valence electrons. The van der Waals surface area contributed by atoms with Gasteiger partial charge in [0.15, 0.2) is 13.6 Å². The molecule has 5 heteroatoms. The Morgan fingerprint density at radius 2 is 2.00 bits per heavy atom. The molecule has 2 aromatic rings. The van der Waals surface area contributed by atoms with Gasteiger partial charge in [-0.3, -0.25) is 4.57 Å². The Labute approximate surface area is 132 Å². The molecule has 1 spiro atoms. The summed E-state index contributed by atoms with van der Waals surface area (Å²) in [4.78, 5) is 4.81. The number of aromatic nitrogens is 2. The molecule has 0 amide bonds. The fourth-order valence-electron chi connectivity index (χ4n) is 4.49. The van der Waals surface area contributed by atoms with Crippen molar-refractivity contribution >= 4 is 19.0 Å². The van der Waals surface area contributed by atoms with Gasteiger partial charge in [0.1, 0.15) is 0 Å². The summed E-state index contributed by atoms with van der Waals surface area (Å²) in [7, 11) is 0.325. The van der Waals surface area contributed by atoms with Gasteiger partial charge in [-0.1, -0.05) is 0 Å². The number of hydrogen-bond acceptors (Lipinski definition) is 2. The van der Waals surface area contributed by atoms with Gasteiger partial charge in [0.05, 0.1) is 24.1 Å². The van der Waals surface area contributed by atoms with E-state index in [1.807, 2.05) is 0 Å². The van der Waals surface area contributed by atoms with E-state index in [0.29, 0.717) is 7.98 Å².